The van der Waals surface area contributed by atoms with Crippen LogP contribution in [0, 0.1) is 5.82 Å². The van der Waals surface area contributed by atoms with Gasteiger partial charge < -0.3 is 5.32 Å². The fourth-order valence-corrected chi connectivity index (χ4v) is 3.37. The lowest BCUT2D eigenvalue weighted by Gasteiger charge is -2.21. The number of halogens is 2. The Bertz CT molecular complexity index is 855. The van der Waals surface area contributed by atoms with Gasteiger partial charge in [-0.1, -0.05) is 40.2 Å². The second-order valence-electron chi connectivity index (χ2n) is 6.00. The van der Waals surface area contributed by atoms with E-state index in [1.54, 1.807) is 0 Å². The molecule has 0 saturated heterocycles. The molecule has 5 nitrogen and oxygen atoms in total. The lowest BCUT2D eigenvalue weighted by Crippen LogP contribution is -2.40. The molecule has 1 unspecified atom stereocenters. The molecule has 0 aliphatic heterocycles. The first-order chi connectivity index (χ1) is 12.1. The minimum absolute atomic E-state index is 0.000796. The number of benzene rings is 2. The summed E-state index contributed by atoms with van der Waals surface area (Å²) in [6, 6.07) is 12.7. The van der Waals surface area contributed by atoms with Gasteiger partial charge in [-0.05, 0) is 42.3 Å². The Labute approximate surface area is 161 Å². The van der Waals surface area contributed by atoms with Crippen molar-refractivity contribution in [3.05, 3.63) is 69.9 Å². The standard InChI is InChI=1S/C18H20BrFN2O3S/c1-13(15-5-7-16(19)8-6-15)21-18(23)12-22(26(2,24)25)11-14-3-9-17(20)10-4-14/h3-10,13H,11-12H2,1-2H3,(H,21,23). The SMILES string of the molecule is CC(NC(=O)CN(Cc1ccc(F)cc1)S(C)(=O)=O)c1ccc(Br)cc1. The zero-order valence-electron chi connectivity index (χ0n) is 14.4. The molecule has 0 aliphatic carbocycles. The van der Waals surface area contributed by atoms with Gasteiger partial charge in [-0.15, -0.1) is 0 Å². The van der Waals surface area contributed by atoms with Gasteiger partial charge in [-0.2, -0.15) is 4.31 Å². The number of hydrogen-bond donors (Lipinski definition) is 1. The largest absolute Gasteiger partial charge is 0.348 e. The highest BCUT2D eigenvalue weighted by Crippen LogP contribution is 2.17. The smallest absolute Gasteiger partial charge is 0.235 e. The van der Waals surface area contributed by atoms with E-state index in [2.05, 4.69) is 21.2 Å². The number of nitrogens with zero attached hydrogens (tertiary/aromatic N) is 1. The number of hydrogen-bond acceptors (Lipinski definition) is 3. The summed E-state index contributed by atoms with van der Waals surface area (Å²) in [6.45, 7) is 1.52. The molecule has 0 heterocycles. The molecule has 1 amide bonds. The summed E-state index contributed by atoms with van der Waals surface area (Å²) in [4.78, 5) is 12.3. The van der Waals surface area contributed by atoms with Gasteiger partial charge in [-0.3, -0.25) is 4.79 Å². The van der Waals surface area contributed by atoms with E-state index in [0.717, 1.165) is 20.6 Å². The zero-order chi connectivity index (χ0) is 19.3. The summed E-state index contributed by atoms with van der Waals surface area (Å²) in [6.07, 6.45) is 1.04. The molecule has 1 atom stereocenters. The summed E-state index contributed by atoms with van der Waals surface area (Å²) in [5, 5.41) is 2.79. The van der Waals surface area contributed by atoms with Crippen LogP contribution < -0.4 is 5.32 Å². The van der Waals surface area contributed by atoms with E-state index < -0.39 is 21.7 Å². The molecule has 2 aromatic rings. The van der Waals surface area contributed by atoms with Crippen molar-refractivity contribution in [2.24, 2.45) is 0 Å². The van der Waals surface area contributed by atoms with E-state index in [1.807, 2.05) is 31.2 Å². The molecule has 140 valence electrons. The number of rotatable bonds is 7. The van der Waals surface area contributed by atoms with Crippen LogP contribution in [0.5, 0.6) is 0 Å². The Morgan fingerprint density at radius 2 is 1.73 bits per heavy atom. The fraction of sp³-hybridized carbons (Fsp3) is 0.278. The molecule has 0 fully saturated rings. The normalized spacial score (nSPS) is 12.8. The Morgan fingerprint density at radius 1 is 1.15 bits per heavy atom. The van der Waals surface area contributed by atoms with E-state index in [9.17, 15) is 17.6 Å². The van der Waals surface area contributed by atoms with Crippen molar-refractivity contribution in [1.82, 2.24) is 9.62 Å². The van der Waals surface area contributed by atoms with Crippen molar-refractivity contribution in [3.8, 4) is 0 Å². The second-order valence-corrected chi connectivity index (χ2v) is 8.90. The average Bonchev–Trinajstić information content (AvgIpc) is 2.56. The fourth-order valence-electron chi connectivity index (χ4n) is 2.37. The molecule has 0 radical (unpaired) electrons. The topological polar surface area (TPSA) is 66.5 Å². The van der Waals surface area contributed by atoms with Crippen molar-refractivity contribution in [2.75, 3.05) is 12.8 Å². The maximum Gasteiger partial charge on any atom is 0.235 e. The van der Waals surface area contributed by atoms with Crippen LogP contribution in [0.15, 0.2) is 53.0 Å². The Morgan fingerprint density at radius 3 is 2.27 bits per heavy atom. The maximum absolute atomic E-state index is 13.0. The van der Waals surface area contributed by atoms with E-state index in [-0.39, 0.29) is 19.1 Å². The number of amides is 1. The minimum atomic E-state index is -3.60. The van der Waals surface area contributed by atoms with Crippen molar-refractivity contribution >= 4 is 31.9 Å². The predicted octanol–water partition coefficient (Wildman–Crippen LogP) is 3.23. The maximum atomic E-state index is 13.0. The molecular weight excluding hydrogens is 423 g/mol. The third-order valence-electron chi connectivity index (χ3n) is 3.81. The van der Waals surface area contributed by atoms with Crippen LogP contribution in [-0.4, -0.2) is 31.4 Å². The van der Waals surface area contributed by atoms with Gasteiger partial charge in [0.1, 0.15) is 5.82 Å². The third-order valence-corrected chi connectivity index (χ3v) is 5.53. The minimum Gasteiger partial charge on any atom is -0.348 e. The van der Waals surface area contributed by atoms with Gasteiger partial charge in [0.15, 0.2) is 0 Å². The highest BCUT2D eigenvalue weighted by molar-refractivity contribution is 9.10. The molecule has 1 N–H and O–H groups in total. The van der Waals surface area contributed by atoms with Crippen LogP contribution in [0.1, 0.15) is 24.1 Å². The first-order valence-electron chi connectivity index (χ1n) is 7.89. The molecule has 0 saturated carbocycles. The second kappa shape index (κ2) is 8.75. The summed E-state index contributed by atoms with van der Waals surface area (Å²) in [7, 11) is -3.60. The summed E-state index contributed by atoms with van der Waals surface area (Å²) >= 11 is 3.35. The first-order valence-corrected chi connectivity index (χ1v) is 10.5. The van der Waals surface area contributed by atoms with Crippen molar-refractivity contribution in [2.45, 2.75) is 19.5 Å². The van der Waals surface area contributed by atoms with Crippen LogP contribution >= 0.6 is 15.9 Å². The molecule has 2 rings (SSSR count). The summed E-state index contributed by atoms with van der Waals surface area (Å²) in [5.41, 5.74) is 1.51. The van der Waals surface area contributed by atoms with Crippen LogP contribution in [0.4, 0.5) is 4.39 Å². The van der Waals surface area contributed by atoms with Gasteiger partial charge in [0.05, 0.1) is 18.8 Å². The van der Waals surface area contributed by atoms with Crippen LogP contribution in [-0.2, 0) is 21.4 Å². The number of nitrogens with one attached hydrogen (secondary N) is 1. The Kier molecular flexibility index (Phi) is 6.91. The first kappa shape index (κ1) is 20.5. The van der Waals surface area contributed by atoms with Gasteiger partial charge in [0.2, 0.25) is 15.9 Å². The molecule has 26 heavy (non-hydrogen) atoms. The molecule has 0 aliphatic rings. The quantitative estimate of drug-likeness (QED) is 0.715. The summed E-state index contributed by atoms with van der Waals surface area (Å²) < 4.78 is 39.0. The molecule has 0 aromatic heterocycles. The van der Waals surface area contributed by atoms with E-state index in [1.165, 1.54) is 24.3 Å². The van der Waals surface area contributed by atoms with Crippen LogP contribution in [0.3, 0.4) is 0 Å². The van der Waals surface area contributed by atoms with E-state index >= 15 is 0 Å². The van der Waals surface area contributed by atoms with Gasteiger partial charge in [-0.25, -0.2) is 12.8 Å². The van der Waals surface area contributed by atoms with E-state index in [0.29, 0.717) is 5.56 Å². The zero-order valence-corrected chi connectivity index (χ0v) is 16.8. The Hall–Kier alpha value is -1.77. The highest BCUT2D eigenvalue weighted by atomic mass is 79.9. The van der Waals surface area contributed by atoms with Gasteiger partial charge in [0, 0.05) is 11.0 Å². The number of sulfonamides is 1. The molecule has 8 heteroatoms. The molecule has 0 spiro atoms. The van der Waals surface area contributed by atoms with Crippen molar-refractivity contribution in [3.63, 3.8) is 0 Å². The Balaban J connectivity index is 2.04. The number of carbonyl (C=O) groups is 1. The van der Waals surface area contributed by atoms with Crippen LogP contribution in [0.25, 0.3) is 0 Å². The molecular formula is C18H20BrFN2O3S. The average molecular weight is 443 g/mol. The van der Waals surface area contributed by atoms with Gasteiger partial charge >= 0.3 is 0 Å². The monoisotopic (exact) mass is 442 g/mol. The van der Waals surface area contributed by atoms with Crippen LogP contribution in [0.2, 0.25) is 0 Å². The van der Waals surface area contributed by atoms with Gasteiger partial charge in [0.25, 0.3) is 0 Å². The lowest BCUT2D eigenvalue weighted by atomic mass is 10.1. The van der Waals surface area contributed by atoms with Crippen molar-refractivity contribution in [1.29, 1.82) is 0 Å². The summed E-state index contributed by atoms with van der Waals surface area (Å²) in [5.74, 6) is -0.811. The molecule has 0 bridgehead atoms. The highest BCUT2D eigenvalue weighted by Gasteiger charge is 2.21. The predicted molar refractivity (Wildman–Crippen MR) is 102 cm³/mol. The lowest BCUT2D eigenvalue weighted by molar-refractivity contribution is -0.122. The number of carbonyl (C=O) groups excluding carboxylic acids is 1. The van der Waals surface area contributed by atoms with Crippen molar-refractivity contribution < 1.29 is 17.6 Å². The van der Waals surface area contributed by atoms with E-state index in [4.69, 9.17) is 0 Å². The third kappa shape index (κ3) is 6.19. The molecule has 2 aromatic carbocycles.